The summed E-state index contributed by atoms with van der Waals surface area (Å²) in [5.41, 5.74) is 9.69. The van der Waals surface area contributed by atoms with E-state index in [-0.39, 0.29) is 11.3 Å². The Morgan fingerprint density at radius 3 is 2.57 bits per heavy atom. The van der Waals surface area contributed by atoms with Crippen molar-refractivity contribution in [2.24, 2.45) is 5.73 Å². The lowest BCUT2D eigenvalue weighted by molar-refractivity contribution is 0.0999. The van der Waals surface area contributed by atoms with Crippen LogP contribution in [0.1, 0.15) is 39.9 Å². The van der Waals surface area contributed by atoms with Gasteiger partial charge in [0.05, 0.1) is 0 Å². The van der Waals surface area contributed by atoms with Crippen LogP contribution in [0.4, 0.5) is 0 Å². The van der Waals surface area contributed by atoms with Crippen LogP contribution in [0.15, 0.2) is 54.9 Å². The summed E-state index contributed by atoms with van der Waals surface area (Å²) >= 11 is 0. The number of primary amides is 1. The summed E-state index contributed by atoms with van der Waals surface area (Å²) in [5.74, 6) is -0.359. The van der Waals surface area contributed by atoms with Gasteiger partial charge >= 0.3 is 0 Å². The van der Waals surface area contributed by atoms with Gasteiger partial charge < -0.3 is 5.73 Å². The van der Waals surface area contributed by atoms with Crippen molar-refractivity contribution in [3.63, 3.8) is 0 Å². The molecule has 23 heavy (non-hydrogen) atoms. The van der Waals surface area contributed by atoms with E-state index in [1.165, 1.54) is 16.5 Å². The van der Waals surface area contributed by atoms with Gasteiger partial charge in [-0.25, -0.2) is 0 Å². The van der Waals surface area contributed by atoms with Crippen molar-refractivity contribution in [3.8, 4) is 0 Å². The Kier molecular flexibility index (Phi) is 2.98. The Morgan fingerprint density at radius 2 is 1.83 bits per heavy atom. The molecule has 1 saturated carbocycles. The molecule has 1 amide bonds. The Morgan fingerprint density at radius 1 is 1.09 bits per heavy atom. The van der Waals surface area contributed by atoms with Crippen LogP contribution >= 0.6 is 0 Å². The smallest absolute Gasteiger partial charge is 0.248 e. The summed E-state index contributed by atoms with van der Waals surface area (Å²) in [7, 11) is 0. The van der Waals surface area contributed by atoms with Crippen LogP contribution in [-0.2, 0) is 5.41 Å². The van der Waals surface area contributed by atoms with Gasteiger partial charge in [-0.05, 0) is 54.0 Å². The molecule has 0 saturated heterocycles. The van der Waals surface area contributed by atoms with Crippen molar-refractivity contribution >= 4 is 16.7 Å². The molecule has 3 heteroatoms. The number of carbonyl (C=O) groups is 1. The third-order valence-electron chi connectivity index (χ3n) is 5.06. The molecule has 0 unspecified atom stereocenters. The molecular weight excluding hydrogens is 284 g/mol. The lowest BCUT2D eigenvalue weighted by Crippen LogP contribution is -2.17. The van der Waals surface area contributed by atoms with Gasteiger partial charge in [-0.2, -0.15) is 0 Å². The molecule has 3 nitrogen and oxygen atoms in total. The quantitative estimate of drug-likeness (QED) is 0.801. The minimum atomic E-state index is -0.359. The number of hydrogen-bond acceptors (Lipinski definition) is 2. The number of hydrogen-bond donors (Lipinski definition) is 1. The Hall–Kier alpha value is -2.68. The first kappa shape index (κ1) is 13.9. The van der Waals surface area contributed by atoms with Crippen LogP contribution in [0, 0.1) is 6.92 Å². The summed E-state index contributed by atoms with van der Waals surface area (Å²) in [6.45, 7) is 2.00. The number of rotatable bonds is 3. The molecule has 0 spiro atoms. The molecule has 2 N–H and O–H groups in total. The van der Waals surface area contributed by atoms with Crippen molar-refractivity contribution < 1.29 is 4.79 Å². The van der Waals surface area contributed by atoms with Gasteiger partial charge in [0.15, 0.2) is 0 Å². The minimum absolute atomic E-state index is 0.00356. The predicted octanol–water partition coefficient (Wildman–Crippen LogP) is 3.72. The van der Waals surface area contributed by atoms with E-state index in [0.717, 1.165) is 23.8 Å². The topological polar surface area (TPSA) is 56.0 Å². The number of aromatic nitrogens is 1. The van der Waals surface area contributed by atoms with Gasteiger partial charge in [-0.3, -0.25) is 9.78 Å². The van der Waals surface area contributed by atoms with E-state index in [4.69, 9.17) is 5.73 Å². The van der Waals surface area contributed by atoms with Gasteiger partial charge in [0.1, 0.15) is 0 Å². The molecular formula is C20H18N2O. The van der Waals surface area contributed by atoms with E-state index >= 15 is 0 Å². The van der Waals surface area contributed by atoms with Crippen LogP contribution < -0.4 is 5.73 Å². The van der Waals surface area contributed by atoms with Crippen LogP contribution in [0.2, 0.25) is 0 Å². The van der Waals surface area contributed by atoms with E-state index in [0.29, 0.717) is 5.56 Å². The highest BCUT2D eigenvalue weighted by atomic mass is 16.1. The third kappa shape index (κ3) is 2.04. The monoisotopic (exact) mass is 302 g/mol. The van der Waals surface area contributed by atoms with Crippen molar-refractivity contribution in [3.05, 3.63) is 77.1 Å². The number of carbonyl (C=O) groups excluding carboxylic acids is 1. The second kappa shape index (κ2) is 4.92. The van der Waals surface area contributed by atoms with Crippen molar-refractivity contribution in [2.45, 2.75) is 25.2 Å². The highest BCUT2D eigenvalue weighted by molar-refractivity contribution is 5.95. The molecule has 1 aliphatic rings. The molecule has 0 bridgehead atoms. The molecule has 114 valence electrons. The van der Waals surface area contributed by atoms with Gasteiger partial charge in [0.25, 0.3) is 0 Å². The average molecular weight is 302 g/mol. The largest absolute Gasteiger partial charge is 0.366 e. The summed E-state index contributed by atoms with van der Waals surface area (Å²) in [6.07, 6.45) is 5.94. The van der Waals surface area contributed by atoms with E-state index in [2.05, 4.69) is 35.3 Å². The second-order valence-corrected chi connectivity index (χ2v) is 6.33. The molecule has 1 aromatic heterocycles. The van der Waals surface area contributed by atoms with Crippen LogP contribution in [0.3, 0.4) is 0 Å². The van der Waals surface area contributed by atoms with E-state index in [1.54, 1.807) is 0 Å². The lowest BCUT2D eigenvalue weighted by atomic mass is 9.82. The Balaban J connectivity index is 1.95. The fourth-order valence-corrected chi connectivity index (χ4v) is 3.77. The number of fused-ring (bicyclic) bond motifs is 1. The zero-order chi connectivity index (χ0) is 16.0. The molecule has 2 aromatic carbocycles. The summed E-state index contributed by atoms with van der Waals surface area (Å²) in [6, 6.07) is 14.3. The molecule has 0 aliphatic heterocycles. The van der Waals surface area contributed by atoms with Gasteiger partial charge in [-0.15, -0.1) is 0 Å². The minimum Gasteiger partial charge on any atom is -0.366 e. The van der Waals surface area contributed by atoms with Crippen LogP contribution in [0.5, 0.6) is 0 Å². The fraction of sp³-hybridized carbons (Fsp3) is 0.200. The summed E-state index contributed by atoms with van der Waals surface area (Å²) < 4.78 is 0. The first-order valence-corrected chi connectivity index (χ1v) is 7.87. The van der Waals surface area contributed by atoms with Crippen molar-refractivity contribution in [1.29, 1.82) is 0 Å². The first-order valence-electron chi connectivity index (χ1n) is 7.87. The molecule has 4 rings (SSSR count). The highest BCUT2D eigenvalue weighted by Crippen LogP contribution is 2.56. The lowest BCUT2D eigenvalue weighted by Gasteiger charge is -2.22. The zero-order valence-corrected chi connectivity index (χ0v) is 13.0. The number of benzene rings is 2. The maximum atomic E-state index is 11.7. The summed E-state index contributed by atoms with van der Waals surface area (Å²) in [4.78, 5) is 15.9. The second-order valence-electron chi connectivity index (χ2n) is 6.33. The molecule has 1 aliphatic carbocycles. The van der Waals surface area contributed by atoms with E-state index in [1.807, 2.05) is 31.5 Å². The maximum absolute atomic E-state index is 11.7. The first-order chi connectivity index (χ1) is 11.1. The zero-order valence-electron chi connectivity index (χ0n) is 13.0. The van der Waals surface area contributed by atoms with E-state index in [9.17, 15) is 4.79 Å². The molecule has 1 fully saturated rings. The number of nitrogens with zero attached hydrogens (tertiary/aromatic N) is 1. The predicted molar refractivity (Wildman–Crippen MR) is 91.5 cm³/mol. The van der Waals surface area contributed by atoms with E-state index < -0.39 is 0 Å². The van der Waals surface area contributed by atoms with Gasteiger partial charge in [-0.1, -0.05) is 30.3 Å². The van der Waals surface area contributed by atoms with Crippen LogP contribution in [0.25, 0.3) is 10.8 Å². The normalized spacial score (nSPS) is 15.5. The highest BCUT2D eigenvalue weighted by Gasteiger charge is 2.47. The summed E-state index contributed by atoms with van der Waals surface area (Å²) in [5, 5.41) is 2.39. The van der Waals surface area contributed by atoms with Crippen LogP contribution in [-0.4, -0.2) is 10.9 Å². The van der Waals surface area contributed by atoms with Gasteiger partial charge in [0, 0.05) is 28.8 Å². The third-order valence-corrected chi connectivity index (χ3v) is 5.06. The molecule has 1 heterocycles. The molecule has 3 aromatic rings. The SMILES string of the molecule is Cc1c(C(N)=O)cccc1C1(c2cccc3cnccc23)CC1. The Bertz CT molecular complexity index is 921. The van der Waals surface area contributed by atoms with Crippen molar-refractivity contribution in [1.82, 2.24) is 4.98 Å². The standard InChI is InChI=1S/C20H18N2O/c1-13-15(19(21)23)5-3-6-17(13)20(9-10-20)18-7-2-4-14-12-22-11-8-16(14)18/h2-8,11-12H,9-10H2,1H3,(H2,21,23). The van der Waals surface area contributed by atoms with Crippen molar-refractivity contribution in [2.75, 3.05) is 0 Å². The number of pyridine rings is 1. The number of nitrogens with two attached hydrogens (primary N) is 1. The fourth-order valence-electron chi connectivity index (χ4n) is 3.77. The average Bonchev–Trinajstić information content (AvgIpc) is 3.36. The number of amides is 1. The maximum Gasteiger partial charge on any atom is 0.248 e. The molecule has 0 radical (unpaired) electrons. The Labute approximate surface area is 135 Å². The molecule has 0 atom stereocenters. The van der Waals surface area contributed by atoms with Gasteiger partial charge in [0.2, 0.25) is 5.91 Å².